The lowest BCUT2D eigenvalue weighted by Gasteiger charge is -2.31. The number of likely N-dealkylation sites (tertiary alicyclic amines) is 1. The third-order valence-electron chi connectivity index (χ3n) is 4.11. The third-order valence-corrected chi connectivity index (χ3v) is 4.11. The van der Waals surface area contributed by atoms with Crippen LogP contribution in [0.3, 0.4) is 0 Å². The highest BCUT2D eigenvalue weighted by Gasteiger charge is 2.28. The number of nitrogens with one attached hydrogen (secondary N) is 1. The van der Waals surface area contributed by atoms with E-state index in [0.29, 0.717) is 37.9 Å². The minimum Gasteiger partial charge on any atom is -0.342 e. The molecule has 2 rings (SSSR count). The number of rotatable bonds is 5. The molecule has 8 nitrogen and oxygen atoms in total. The van der Waals surface area contributed by atoms with Gasteiger partial charge in [0.25, 0.3) is 0 Å². The normalized spacial score (nSPS) is 17.9. The van der Waals surface area contributed by atoms with E-state index in [1.165, 1.54) is 0 Å². The van der Waals surface area contributed by atoms with Gasteiger partial charge in [0.2, 0.25) is 11.8 Å². The molecule has 1 aromatic rings. The highest BCUT2D eigenvalue weighted by Crippen LogP contribution is 2.25. The Bertz CT molecular complexity index is 541. The van der Waals surface area contributed by atoms with Gasteiger partial charge in [-0.3, -0.25) is 4.79 Å². The number of nitrogens with zero attached hydrogens (tertiary/aromatic N) is 4. The van der Waals surface area contributed by atoms with E-state index in [0.717, 1.165) is 12.8 Å². The van der Waals surface area contributed by atoms with Crippen molar-refractivity contribution in [2.45, 2.75) is 39.5 Å². The van der Waals surface area contributed by atoms with Crippen LogP contribution in [0.4, 0.5) is 4.79 Å². The smallest absolute Gasteiger partial charge is 0.317 e. The molecule has 3 amide bonds. The van der Waals surface area contributed by atoms with Gasteiger partial charge in [-0.25, -0.2) is 4.79 Å². The van der Waals surface area contributed by atoms with Crippen molar-refractivity contribution >= 4 is 11.9 Å². The molecule has 1 unspecified atom stereocenters. The number of piperidine rings is 1. The molecule has 0 aliphatic carbocycles. The van der Waals surface area contributed by atoms with E-state index in [1.807, 2.05) is 13.8 Å². The Morgan fingerprint density at radius 2 is 2.13 bits per heavy atom. The topological polar surface area (TPSA) is 91.6 Å². The van der Waals surface area contributed by atoms with E-state index in [4.69, 9.17) is 4.52 Å². The first-order valence-electron chi connectivity index (χ1n) is 8.15. The lowest BCUT2D eigenvalue weighted by molar-refractivity contribution is -0.129. The SMILES string of the molecule is CCN(CC)C(=O)CNC(=O)N1CCCC(c2nc(C)no2)C1. The Kier molecular flexibility index (Phi) is 5.95. The maximum Gasteiger partial charge on any atom is 0.317 e. The number of carbonyl (C=O) groups is 2. The molecule has 23 heavy (non-hydrogen) atoms. The maximum atomic E-state index is 12.3. The van der Waals surface area contributed by atoms with Crippen molar-refractivity contribution in [2.75, 3.05) is 32.7 Å². The van der Waals surface area contributed by atoms with Gasteiger partial charge in [0.05, 0.1) is 12.5 Å². The molecule has 2 heterocycles. The van der Waals surface area contributed by atoms with Crippen LogP contribution in [0.1, 0.15) is 44.3 Å². The second kappa shape index (κ2) is 7.94. The lowest BCUT2D eigenvalue weighted by Crippen LogP contribution is -2.48. The molecule has 1 aromatic heterocycles. The summed E-state index contributed by atoms with van der Waals surface area (Å²) in [4.78, 5) is 31.9. The molecule has 0 spiro atoms. The summed E-state index contributed by atoms with van der Waals surface area (Å²) in [6, 6.07) is -0.216. The first-order chi connectivity index (χ1) is 11.0. The van der Waals surface area contributed by atoms with E-state index in [9.17, 15) is 9.59 Å². The highest BCUT2D eigenvalue weighted by atomic mass is 16.5. The van der Waals surface area contributed by atoms with Crippen LogP contribution in [-0.2, 0) is 4.79 Å². The van der Waals surface area contributed by atoms with Crippen molar-refractivity contribution in [3.05, 3.63) is 11.7 Å². The zero-order chi connectivity index (χ0) is 16.8. The molecule has 0 saturated carbocycles. The van der Waals surface area contributed by atoms with E-state index in [2.05, 4.69) is 15.5 Å². The van der Waals surface area contributed by atoms with Crippen molar-refractivity contribution in [3.8, 4) is 0 Å². The Hall–Kier alpha value is -2.12. The fourth-order valence-electron chi connectivity index (χ4n) is 2.79. The number of carbonyl (C=O) groups excluding carboxylic acids is 2. The summed E-state index contributed by atoms with van der Waals surface area (Å²) in [5, 5.41) is 6.51. The summed E-state index contributed by atoms with van der Waals surface area (Å²) < 4.78 is 5.21. The van der Waals surface area contributed by atoms with Crippen molar-refractivity contribution < 1.29 is 14.1 Å². The van der Waals surface area contributed by atoms with Crippen molar-refractivity contribution in [1.29, 1.82) is 0 Å². The number of hydrogen-bond acceptors (Lipinski definition) is 5. The van der Waals surface area contributed by atoms with Gasteiger partial charge in [0.15, 0.2) is 5.82 Å². The molecule has 1 aliphatic heterocycles. The Labute approximate surface area is 136 Å². The highest BCUT2D eigenvalue weighted by molar-refractivity contribution is 5.84. The molecule has 1 atom stereocenters. The van der Waals surface area contributed by atoms with E-state index in [1.54, 1.807) is 16.7 Å². The first kappa shape index (κ1) is 17.2. The first-order valence-corrected chi connectivity index (χ1v) is 8.15. The largest absolute Gasteiger partial charge is 0.342 e. The quantitative estimate of drug-likeness (QED) is 0.877. The van der Waals surface area contributed by atoms with Gasteiger partial charge in [0.1, 0.15) is 0 Å². The molecular weight excluding hydrogens is 298 g/mol. The summed E-state index contributed by atoms with van der Waals surface area (Å²) in [5.41, 5.74) is 0. The number of hydrogen-bond donors (Lipinski definition) is 1. The Morgan fingerprint density at radius 1 is 1.39 bits per heavy atom. The minimum absolute atomic E-state index is 0.0291. The fourth-order valence-corrected chi connectivity index (χ4v) is 2.79. The van der Waals surface area contributed by atoms with Crippen LogP contribution >= 0.6 is 0 Å². The van der Waals surface area contributed by atoms with Crippen LogP contribution in [0.15, 0.2) is 4.52 Å². The second-order valence-electron chi connectivity index (χ2n) is 5.69. The maximum absolute atomic E-state index is 12.3. The molecule has 128 valence electrons. The molecule has 1 saturated heterocycles. The summed E-state index contributed by atoms with van der Waals surface area (Å²) in [6.07, 6.45) is 1.80. The molecule has 0 aromatic carbocycles. The number of aromatic nitrogens is 2. The number of aryl methyl sites for hydroxylation is 1. The average molecular weight is 323 g/mol. The standard InChI is InChI=1S/C15H25N5O3/c1-4-19(5-2)13(21)9-16-15(22)20-8-6-7-12(10-20)14-17-11(3)18-23-14/h12H,4-10H2,1-3H3,(H,16,22). The lowest BCUT2D eigenvalue weighted by atomic mass is 9.98. The van der Waals surface area contributed by atoms with Crippen LogP contribution in [-0.4, -0.2) is 64.6 Å². The molecular formula is C15H25N5O3. The summed E-state index contributed by atoms with van der Waals surface area (Å²) in [5.74, 6) is 1.18. The molecule has 1 fully saturated rings. The van der Waals surface area contributed by atoms with Crippen molar-refractivity contribution in [1.82, 2.24) is 25.3 Å². The number of amides is 3. The molecule has 0 bridgehead atoms. The fraction of sp³-hybridized carbons (Fsp3) is 0.733. The van der Waals surface area contributed by atoms with Crippen LogP contribution in [0, 0.1) is 6.92 Å². The number of likely N-dealkylation sites (N-methyl/N-ethyl adjacent to an activating group) is 1. The van der Waals surface area contributed by atoms with Crippen LogP contribution in [0.2, 0.25) is 0 Å². The van der Waals surface area contributed by atoms with Crippen molar-refractivity contribution in [3.63, 3.8) is 0 Å². The predicted molar refractivity (Wildman–Crippen MR) is 83.9 cm³/mol. The second-order valence-corrected chi connectivity index (χ2v) is 5.69. The summed E-state index contributed by atoms with van der Waals surface area (Å²) >= 11 is 0. The summed E-state index contributed by atoms with van der Waals surface area (Å²) in [7, 11) is 0. The Balaban J connectivity index is 1.86. The van der Waals surface area contributed by atoms with Gasteiger partial charge < -0.3 is 19.6 Å². The predicted octanol–water partition coefficient (Wildman–Crippen LogP) is 1.14. The molecule has 1 aliphatic rings. The summed E-state index contributed by atoms with van der Waals surface area (Å²) in [6.45, 7) is 8.15. The molecule has 1 N–H and O–H groups in total. The number of urea groups is 1. The zero-order valence-electron chi connectivity index (χ0n) is 14.0. The van der Waals surface area contributed by atoms with Gasteiger partial charge in [-0.05, 0) is 33.6 Å². The van der Waals surface area contributed by atoms with Crippen LogP contribution in [0.25, 0.3) is 0 Å². The van der Waals surface area contributed by atoms with Gasteiger partial charge in [-0.15, -0.1) is 0 Å². The van der Waals surface area contributed by atoms with Gasteiger partial charge in [-0.1, -0.05) is 5.16 Å². The molecule has 0 radical (unpaired) electrons. The zero-order valence-corrected chi connectivity index (χ0v) is 14.0. The van der Waals surface area contributed by atoms with Gasteiger partial charge in [-0.2, -0.15) is 4.98 Å². The Morgan fingerprint density at radius 3 is 2.74 bits per heavy atom. The van der Waals surface area contributed by atoms with E-state index < -0.39 is 0 Å². The van der Waals surface area contributed by atoms with E-state index >= 15 is 0 Å². The van der Waals surface area contributed by atoms with Crippen LogP contribution < -0.4 is 5.32 Å². The van der Waals surface area contributed by atoms with Crippen molar-refractivity contribution in [2.24, 2.45) is 0 Å². The molecule has 8 heteroatoms. The van der Waals surface area contributed by atoms with E-state index in [-0.39, 0.29) is 24.4 Å². The van der Waals surface area contributed by atoms with Crippen LogP contribution in [0.5, 0.6) is 0 Å². The average Bonchev–Trinajstić information content (AvgIpc) is 3.00. The minimum atomic E-state index is -0.216. The van der Waals surface area contributed by atoms with Gasteiger partial charge in [0, 0.05) is 26.2 Å². The van der Waals surface area contributed by atoms with Gasteiger partial charge >= 0.3 is 6.03 Å². The monoisotopic (exact) mass is 323 g/mol. The third kappa shape index (κ3) is 4.43.